The number of benzene rings is 3. The van der Waals surface area contributed by atoms with Gasteiger partial charge in [-0.25, -0.2) is 12.8 Å². The van der Waals surface area contributed by atoms with Crippen LogP contribution < -0.4 is 5.32 Å². The summed E-state index contributed by atoms with van der Waals surface area (Å²) in [6.07, 6.45) is 1.53. The van der Waals surface area contributed by atoms with Gasteiger partial charge >= 0.3 is 0 Å². The smallest absolute Gasteiger partial charge is 0.255 e. The molecule has 0 aromatic heterocycles. The summed E-state index contributed by atoms with van der Waals surface area (Å²) in [6, 6.07) is 20.3. The fourth-order valence-electron chi connectivity index (χ4n) is 2.83. The third kappa shape index (κ3) is 5.20. The molecule has 3 aromatic carbocycles. The highest BCUT2D eigenvalue weighted by atomic mass is 32.2. The van der Waals surface area contributed by atoms with E-state index in [0.717, 1.165) is 5.56 Å². The van der Waals surface area contributed by atoms with Crippen molar-refractivity contribution in [2.75, 3.05) is 11.9 Å². The Morgan fingerprint density at radius 1 is 0.967 bits per heavy atom. The number of halogens is 1. The molecule has 0 saturated carbocycles. The fraction of sp³-hybridized carbons (Fsp3) is 0.0870. The number of nitrogens with one attached hydrogen (secondary N) is 1. The van der Waals surface area contributed by atoms with E-state index in [0.29, 0.717) is 11.3 Å². The molecule has 0 spiro atoms. The number of carbonyl (C=O) groups excluding carboxylic acids is 1. The van der Waals surface area contributed by atoms with Gasteiger partial charge in [-0.3, -0.25) is 4.79 Å². The van der Waals surface area contributed by atoms with Gasteiger partial charge in [0.1, 0.15) is 5.82 Å². The highest BCUT2D eigenvalue weighted by Gasteiger charge is 2.23. The Balaban J connectivity index is 1.73. The van der Waals surface area contributed by atoms with E-state index in [1.54, 1.807) is 54.6 Å². The standard InChI is InChI=1S/C23H21FN2O3S/c1-2-16-26(30(28,29)22-6-4-3-5-7-22)17-18-8-10-19(11-9-18)23(27)25-21-14-12-20(24)13-15-21/h2-15H,1,16-17H2,(H,25,27). The zero-order valence-corrected chi connectivity index (χ0v) is 17.0. The number of nitrogens with zero attached hydrogens (tertiary/aromatic N) is 1. The second kappa shape index (κ2) is 9.47. The van der Waals surface area contributed by atoms with Gasteiger partial charge in [-0.1, -0.05) is 36.4 Å². The summed E-state index contributed by atoms with van der Waals surface area (Å²) in [5.41, 5.74) is 1.62. The number of rotatable bonds is 8. The Morgan fingerprint density at radius 3 is 2.20 bits per heavy atom. The third-order valence-corrected chi connectivity index (χ3v) is 6.22. The van der Waals surface area contributed by atoms with Crippen molar-refractivity contribution in [1.29, 1.82) is 0 Å². The molecular formula is C23H21FN2O3S. The number of hydrogen-bond donors (Lipinski definition) is 1. The third-order valence-electron chi connectivity index (χ3n) is 4.39. The molecule has 0 aliphatic rings. The van der Waals surface area contributed by atoms with Crippen LogP contribution in [0.1, 0.15) is 15.9 Å². The van der Waals surface area contributed by atoms with Crippen LogP contribution >= 0.6 is 0 Å². The summed E-state index contributed by atoms with van der Waals surface area (Å²) in [4.78, 5) is 12.6. The van der Waals surface area contributed by atoms with E-state index in [4.69, 9.17) is 0 Å². The van der Waals surface area contributed by atoms with Crippen LogP contribution in [0.25, 0.3) is 0 Å². The van der Waals surface area contributed by atoms with Gasteiger partial charge in [0.2, 0.25) is 10.0 Å². The molecule has 154 valence electrons. The normalized spacial score (nSPS) is 11.3. The first kappa shape index (κ1) is 21.4. The lowest BCUT2D eigenvalue weighted by atomic mass is 10.1. The molecule has 0 fully saturated rings. The maximum Gasteiger partial charge on any atom is 0.255 e. The number of hydrogen-bond acceptors (Lipinski definition) is 3. The number of sulfonamides is 1. The molecule has 1 N–H and O–H groups in total. The van der Waals surface area contributed by atoms with Crippen LogP contribution in [0.3, 0.4) is 0 Å². The van der Waals surface area contributed by atoms with Crippen molar-refractivity contribution in [1.82, 2.24) is 4.31 Å². The largest absolute Gasteiger partial charge is 0.322 e. The number of carbonyl (C=O) groups is 1. The predicted molar refractivity (Wildman–Crippen MR) is 115 cm³/mol. The summed E-state index contributed by atoms with van der Waals surface area (Å²) < 4.78 is 40.1. The van der Waals surface area contributed by atoms with E-state index in [-0.39, 0.29) is 29.7 Å². The minimum absolute atomic E-state index is 0.142. The van der Waals surface area contributed by atoms with Gasteiger partial charge < -0.3 is 5.32 Å². The van der Waals surface area contributed by atoms with Gasteiger partial charge in [0, 0.05) is 24.3 Å². The van der Waals surface area contributed by atoms with Gasteiger partial charge in [0.15, 0.2) is 0 Å². The lowest BCUT2D eigenvalue weighted by Gasteiger charge is -2.21. The van der Waals surface area contributed by atoms with Gasteiger partial charge in [0.25, 0.3) is 5.91 Å². The number of amides is 1. The van der Waals surface area contributed by atoms with Crippen LogP contribution in [0, 0.1) is 5.82 Å². The molecule has 5 nitrogen and oxygen atoms in total. The Kier molecular flexibility index (Phi) is 6.76. The van der Waals surface area contributed by atoms with Gasteiger partial charge in [-0.2, -0.15) is 4.31 Å². The van der Waals surface area contributed by atoms with Crippen molar-refractivity contribution in [2.24, 2.45) is 0 Å². The molecule has 3 aromatic rings. The Labute approximate surface area is 175 Å². The minimum atomic E-state index is -3.68. The topological polar surface area (TPSA) is 66.5 Å². The molecule has 0 atom stereocenters. The first-order valence-corrected chi connectivity index (χ1v) is 10.7. The summed E-state index contributed by atoms with van der Waals surface area (Å²) in [5, 5.41) is 2.69. The number of anilines is 1. The maximum atomic E-state index is 13.0. The summed E-state index contributed by atoms with van der Waals surface area (Å²) in [6.45, 7) is 3.95. The Hall–Kier alpha value is -3.29. The molecule has 0 heterocycles. The highest BCUT2D eigenvalue weighted by molar-refractivity contribution is 7.89. The van der Waals surface area contributed by atoms with Crippen LogP contribution in [0.5, 0.6) is 0 Å². The average Bonchev–Trinajstić information content (AvgIpc) is 2.76. The van der Waals surface area contributed by atoms with Crippen LogP contribution in [0.2, 0.25) is 0 Å². The van der Waals surface area contributed by atoms with Crippen molar-refractivity contribution >= 4 is 21.6 Å². The van der Waals surface area contributed by atoms with Gasteiger partial charge in [-0.05, 0) is 54.1 Å². The van der Waals surface area contributed by atoms with Gasteiger partial charge in [0.05, 0.1) is 4.90 Å². The summed E-state index contributed by atoms with van der Waals surface area (Å²) in [7, 11) is -3.68. The maximum absolute atomic E-state index is 13.0. The van der Waals surface area contributed by atoms with Crippen LogP contribution in [-0.2, 0) is 16.6 Å². The van der Waals surface area contributed by atoms with Crippen LogP contribution in [0.4, 0.5) is 10.1 Å². The molecular weight excluding hydrogens is 403 g/mol. The SMILES string of the molecule is C=CCN(Cc1ccc(C(=O)Nc2ccc(F)cc2)cc1)S(=O)(=O)c1ccccc1. The Morgan fingerprint density at radius 2 is 1.60 bits per heavy atom. The summed E-state index contributed by atoms with van der Waals surface area (Å²) >= 11 is 0. The van der Waals surface area contributed by atoms with Crippen LogP contribution in [0.15, 0.2) is 96.4 Å². The molecule has 0 radical (unpaired) electrons. The molecule has 3 rings (SSSR count). The van der Waals surface area contributed by atoms with E-state index < -0.39 is 10.0 Å². The van der Waals surface area contributed by atoms with Crippen molar-refractivity contribution < 1.29 is 17.6 Å². The lowest BCUT2D eigenvalue weighted by molar-refractivity contribution is 0.102. The first-order valence-electron chi connectivity index (χ1n) is 9.22. The highest BCUT2D eigenvalue weighted by Crippen LogP contribution is 2.19. The Bertz CT molecular complexity index is 1110. The molecule has 0 aliphatic carbocycles. The molecule has 7 heteroatoms. The second-order valence-electron chi connectivity index (χ2n) is 6.56. The van der Waals surface area contributed by atoms with Gasteiger partial charge in [-0.15, -0.1) is 6.58 Å². The average molecular weight is 424 g/mol. The van der Waals surface area contributed by atoms with Crippen molar-refractivity contribution in [2.45, 2.75) is 11.4 Å². The molecule has 0 bridgehead atoms. The molecule has 0 aliphatic heterocycles. The van der Waals surface area contributed by atoms with E-state index in [1.165, 1.54) is 34.6 Å². The van der Waals surface area contributed by atoms with E-state index in [1.807, 2.05) is 0 Å². The van der Waals surface area contributed by atoms with E-state index >= 15 is 0 Å². The zero-order valence-electron chi connectivity index (χ0n) is 16.2. The minimum Gasteiger partial charge on any atom is -0.322 e. The second-order valence-corrected chi connectivity index (χ2v) is 8.50. The van der Waals surface area contributed by atoms with Crippen molar-refractivity contribution in [3.8, 4) is 0 Å². The predicted octanol–water partition coefficient (Wildman–Crippen LogP) is 4.45. The van der Waals surface area contributed by atoms with E-state index in [2.05, 4.69) is 11.9 Å². The monoisotopic (exact) mass is 424 g/mol. The van der Waals surface area contributed by atoms with E-state index in [9.17, 15) is 17.6 Å². The first-order chi connectivity index (χ1) is 14.4. The molecule has 1 amide bonds. The fourth-order valence-corrected chi connectivity index (χ4v) is 4.25. The van der Waals surface area contributed by atoms with Crippen molar-refractivity contribution in [3.63, 3.8) is 0 Å². The molecule has 30 heavy (non-hydrogen) atoms. The molecule has 0 saturated heterocycles. The summed E-state index contributed by atoms with van der Waals surface area (Å²) in [5.74, 6) is -0.722. The lowest BCUT2D eigenvalue weighted by Crippen LogP contribution is -2.30. The quantitative estimate of drug-likeness (QED) is 0.543. The zero-order chi connectivity index (χ0) is 21.6. The van der Waals surface area contributed by atoms with Crippen LogP contribution in [-0.4, -0.2) is 25.2 Å². The van der Waals surface area contributed by atoms with Crippen molar-refractivity contribution in [3.05, 3.63) is 108 Å². The molecule has 0 unspecified atom stereocenters.